The Balaban J connectivity index is 1.69. The zero-order valence-corrected chi connectivity index (χ0v) is 14.9. The number of hydrogen-bond donors (Lipinski definition) is 0. The number of para-hydroxylation sites is 1. The second kappa shape index (κ2) is 8.06. The Hall–Kier alpha value is -2.49. The van der Waals surface area contributed by atoms with E-state index in [4.69, 9.17) is 9.47 Å². The fourth-order valence-electron chi connectivity index (χ4n) is 2.97. The van der Waals surface area contributed by atoms with Crippen LogP contribution in [0, 0.1) is 5.92 Å². The maximum absolute atomic E-state index is 12.7. The fraction of sp³-hybridized carbons (Fsp3) is 0.381. The van der Waals surface area contributed by atoms with Crippen LogP contribution in [0.2, 0.25) is 0 Å². The average Bonchev–Trinajstić information content (AvgIpc) is 3.50. The molecule has 0 N–H and O–H groups in total. The Kier molecular flexibility index (Phi) is 5.59. The molecule has 25 heavy (non-hydrogen) atoms. The third kappa shape index (κ3) is 4.53. The summed E-state index contributed by atoms with van der Waals surface area (Å²) in [6.07, 6.45) is 2.83. The largest absolute Gasteiger partial charge is 0.497 e. The van der Waals surface area contributed by atoms with E-state index < -0.39 is 0 Å². The summed E-state index contributed by atoms with van der Waals surface area (Å²) in [4.78, 5) is 14.7. The van der Waals surface area contributed by atoms with Crippen LogP contribution in [-0.4, -0.2) is 31.6 Å². The van der Waals surface area contributed by atoms with Gasteiger partial charge in [-0.05, 0) is 48.6 Å². The van der Waals surface area contributed by atoms with E-state index in [9.17, 15) is 4.79 Å². The minimum atomic E-state index is 0.218. The molecule has 0 bridgehead atoms. The van der Waals surface area contributed by atoms with Gasteiger partial charge in [0.15, 0.2) is 0 Å². The van der Waals surface area contributed by atoms with Gasteiger partial charge in [0.2, 0.25) is 5.91 Å². The highest BCUT2D eigenvalue weighted by atomic mass is 16.5. The second-order valence-electron chi connectivity index (χ2n) is 6.44. The zero-order chi connectivity index (χ0) is 17.6. The van der Waals surface area contributed by atoms with E-state index in [0.717, 1.165) is 41.9 Å². The molecule has 0 heterocycles. The Morgan fingerprint density at radius 3 is 2.40 bits per heavy atom. The Morgan fingerprint density at radius 2 is 1.76 bits per heavy atom. The molecule has 4 heteroatoms. The van der Waals surface area contributed by atoms with Gasteiger partial charge in [-0.1, -0.05) is 30.3 Å². The first-order chi connectivity index (χ1) is 12.2. The first kappa shape index (κ1) is 17.3. The van der Waals surface area contributed by atoms with Crippen molar-refractivity contribution >= 4 is 5.91 Å². The van der Waals surface area contributed by atoms with E-state index in [1.54, 1.807) is 14.2 Å². The number of ether oxygens (including phenoxy) is 2. The number of rotatable bonds is 8. The molecule has 132 valence electrons. The standard InChI is InChI=1S/C21H25NO3/c1-24-19-11-7-16(8-12-19)15-22(21(23)18-9-10-18)14-13-17-5-3-4-6-20(17)25-2/h3-8,11-12,18H,9-10,13-15H2,1-2H3. The van der Waals surface area contributed by atoms with Crippen LogP contribution in [0.3, 0.4) is 0 Å². The maximum Gasteiger partial charge on any atom is 0.225 e. The predicted octanol–water partition coefficient (Wildman–Crippen LogP) is 3.69. The van der Waals surface area contributed by atoms with E-state index >= 15 is 0 Å². The summed E-state index contributed by atoms with van der Waals surface area (Å²) in [7, 11) is 3.34. The molecule has 2 aromatic rings. The van der Waals surface area contributed by atoms with Crippen molar-refractivity contribution in [2.45, 2.75) is 25.8 Å². The van der Waals surface area contributed by atoms with Gasteiger partial charge in [0.1, 0.15) is 11.5 Å². The molecule has 4 nitrogen and oxygen atoms in total. The van der Waals surface area contributed by atoms with E-state index in [-0.39, 0.29) is 11.8 Å². The molecule has 0 radical (unpaired) electrons. The van der Waals surface area contributed by atoms with Crippen molar-refractivity contribution in [2.75, 3.05) is 20.8 Å². The summed E-state index contributed by atoms with van der Waals surface area (Å²) >= 11 is 0. The van der Waals surface area contributed by atoms with Crippen LogP contribution < -0.4 is 9.47 Å². The lowest BCUT2D eigenvalue weighted by Crippen LogP contribution is -2.33. The Labute approximate surface area is 149 Å². The number of benzene rings is 2. The molecular formula is C21H25NO3. The summed E-state index contributed by atoms with van der Waals surface area (Å²) in [6, 6.07) is 15.9. The molecule has 2 aromatic carbocycles. The van der Waals surface area contributed by atoms with Crippen molar-refractivity contribution in [3.63, 3.8) is 0 Å². The molecule has 1 aliphatic carbocycles. The second-order valence-corrected chi connectivity index (χ2v) is 6.44. The van der Waals surface area contributed by atoms with Gasteiger partial charge in [0, 0.05) is 19.0 Å². The number of hydrogen-bond acceptors (Lipinski definition) is 3. The van der Waals surface area contributed by atoms with E-state index in [1.165, 1.54) is 0 Å². The molecule has 1 fully saturated rings. The Bertz CT molecular complexity index is 707. The van der Waals surface area contributed by atoms with Crippen LogP contribution in [0.25, 0.3) is 0 Å². The van der Waals surface area contributed by atoms with Gasteiger partial charge in [-0.2, -0.15) is 0 Å². The first-order valence-corrected chi connectivity index (χ1v) is 8.75. The SMILES string of the molecule is COc1ccc(CN(CCc2ccccc2OC)C(=O)C2CC2)cc1. The van der Waals surface area contributed by atoms with E-state index in [1.807, 2.05) is 47.4 Å². The Morgan fingerprint density at radius 1 is 1.04 bits per heavy atom. The van der Waals surface area contributed by atoms with Crippen molar-refractivity contribution in [3.8, 4) is 11.5 Å². The van der Waals surface area contributed by atoms with E-state index in [2.05, 4.69) is 6.07 Å². The topological polar surface area (TPSA) is 38.8 Å². The van der Waals surface area contributed by atoms with Gasteiger partial charge in [-0.25, -0.2) is 0 Å². The van der Waals surface area contributed by atoms with Gasteiger partial charge in [0.25, 0.3) is 0 Å². The van der Waals surface area contributed by atoms with Gasteiger partial charge < -0.3 is 14.4 Å². The minimum absolute atomic E-state index is 0.218. The molecule has 3 rings (SSSR count). The molecule has 0 atom stereocenters. The van der Waals surface area contributed by atoms with Crippen molar-refractivity contribution in [1.82, 2.24) is 4.90 Å². The van der Waals surface area contributed by atoms with Gasteiger partial charge in [0.05, 0.1) is 14.2 Å². The molecule has 0 aliphatic heterocycles. The van der Waals surface area contributed by atoms with Crippen LogP contribution in [-0.2, 0) is 17.8 Å². The van der Waals surface area contributed by atoms with Crippen LogP contribution in [0.4, 0.5) is 0 Å². The predicted molar refractivity (Wildman–Crippen MR) is 97.8 cm³/mol. The van der Waals surface area contributed by atoms with Crippen molar-refractivity contribution < 1.29 is 14.3 Å². The average molecular weight is 339 g/mol. The van der Waals surface area contributed by atoms with Crippen LogP contribution in [0.5, 0.6) is 11.5 Å². The molecule has 1 amide bonds. The third-order valence-corrected chi connectivity index (χ3v) is 4.61. The number of amides is 1. The lowest BCUT2D eigenvalue weighted by atomic mass is 10.1. The molecule has 0 spiro atoms. The number of carbonyl (C=O) groups is 1. The monoisotopic (exact) mass is 339 g/mol. The highest BCUT2D eigenvalue weighted by molar-refractivity contribution is 5.81. The fourth-order valence-corrected chi connectivity index (χ4v) is 2.97. The lowest BCUT2D eigenvalue weighted by Gasteiger charge is -2.23. The number of carbonyl (C=O) groups excluding carboxylic acids is 1. The molecule has 1 saturated carbocycles. The minimum Gasteiger partial charge on any atom is -0.497 e. The highest BCUT2D eigenvalue weighted by Crippen LogP contribution is 2.32. The summed E-state index contributed by atoms with van der Waals surface area (Å²) in [5.74, 6) is 2.20. The summed E-state index contributed by atoms with van der Waals surface area (Å²) in [5.41, 5.74) is 2.25. The van der Waals surface area contributed by atoms with Crippen molar-refractivity contribution in [1.29, 1.82) is 0 Å². The number of methoxy groups -OCH3 is 2. The normalized spacial score (nSPS) is 13.4. The quantitative estimate of drug-likeness (QED) is 0.736. The summed E-state index contributed by atoms with van der Waals surface area (Å²) in [6.45, 7) is 1.33. The summed E-state index contributed by atoms with van der Waals surface area (Å²) in [5, 5.41) is 0. The number of nitrogens with zero attached hydrogens (tertiary/aromatic N) is 1. The van der Waals surface area contributed by atoms with E-state index in [0.29, 0.717) is 13.1 Å². The maximum atomic E-state index is 12.7. The van der Waals surface area contributed by atoms with Gasteiger partial charge in [-0.15, -0.1) is 0 Å². The first-order valence-electron chi connectivity index (χ1n) is 8.75. The summed E-state index contributed by atoms with van der Waals surface area (Å²) < 4.78 is 10.6. The van der Waals surface area contributed by atoms with Crippen LogP contribution >= 0.6 is 0 Å². The smallest absolute Gasteiger partial charge is 0.225 e. The zero-order valence-electron chi connectivity index (χ0n) is 14.9. The molecule has 0 saturated heterocycles. The van der Waals surface area contributed by atoms with Gasteiger partial charge in [-0.3, -0.25) is 4.79 Å². The van der Waals surface area contributed by atoms with Gasteiger partial charge >= 0.3 is 0 Å². The highest BCUT2D eigenvalue weighted by Gasteiger charge is 2.33. The molecule has 0 unspecified atom stereocenters. The van der Waals surface area contributed by atoms with Crippen LogP contribution in [0.1, 0.15) is 24.0 Å². The van der Waals surface area contributed by atoms with Crippen molar-refractivity contribution in [3.05, 3.63) is 59.7 Å². The van der Waals surface area contributed by atoms with Crippen LogP contribution in [0.15, 0.2) is 48.5 Å². The lowest BCUT2D eigenvalue weighted by molar-refractivity contribution is -0.133. The third-order valence-electron chi connectivity index (χ3n) is 4.61. The van der Waals surface area contributed by atoms with Crippen molar-refractivity contribution in [2.24, 2.45) is 5.92 Å². The molecule has 0 aromatic heterocycles. The molecular weight excluding hydrogens is 314 g/mol. The molecule has 1 aliphatic rings.